The SMILES string of the molecule is CS(=O)(=O)Nc1cccc2c1CCN(CCc1nc3ccccc3c(=O)[nH]1)C2. The minimum atomic E-state index is -3.30. The Morgan fingerprint density at radius 1 is 1.18 bits per heavy atom. The summed E-state index contributed by atoms with van der Waals surface area (Å²) in [4.78, 5) is 21.9. The number of nitrogens with one attached hydrogen (secondary N) is 2. The molecule has 2 aromatic carbocycles. The maximum Gasteiger partial charge on any atom is 0.258 e. The number of aromatic nitrogens is 2. The topological polar surface area (TPSA) is 95.2 Å². The highest BCUT2D eigenvalue weighted by atomic mass is 32.2. The summed E-state index contributed by atoms with van der Waals surface area (Å²) in [5, 5.41) is 0.601. The van der Waals surface area contributed by atoms with Gasteiger partial charge in [0, 0.05) is 26.1 Å². The van der Waals surface area contributed by atoms with Crippen LogP contribution < -0.4 is 10.3 Å². The van der Waals surface area contributed by atoms with Crippen LogP contribution in [0.5, 0.6) is 0 Å². The largest absolute Gasteiger partial charge is 0.310 e. The van der Waals surface area contributed by atoms with Gasteiger partial charge in [-0.3, -0.25) is 14.4 Å². The van der Waals surface area contributed by atoms with E-state index in [0.29, 0.717) is 28.8 Å². The molecule has 3 aromatic rings. The molecule has 0 saturated carbocycles. The second kappa shape index (κ2) is 7.37. The molecular weight excluding hydrogens is 376 g/mol. The van der Waals surface area contributed by atoms with Crippen LogP contribution in [0.25, 0.3) is 10.9 Å². The van der Waals surface area contributed by atoms with Crippen LogP contribution in [0.3, 0.4) is 0 Å². The maximum atomic E-state index is 12.2. The fraction of sp³-hybridized carbons (Fsp3) is 0.300. The molecule has 0 amide bonds. The van der Waals surface area contributed by atoms with Crippen molar-refractivity contribution in [1.29, 1.82) is 0 Å². The van der Waals surface area contributed by atoms with Gasteiger partial charge < -0.3 is 4.98 Å². The summed E-state index contributed by atoms with van der Waals surface area (Å²) in [5.74, 6) is 0.682. The van der Waals surface area contributed by atoms with Crippen LogP contribution in [0.1, 0.15) is 17.0 Å². The number of nitrogens with zero attached hydrogens (tertiary/aromatic N) is 2. The van der Waals surface area contributed by atoms with Gasteiger partial charge in [-0.25, -0.2) is 13.4 Å². The van der Waals surface area contributed by atoms with Crippen molar-refractivity contribution < 1.29 is 8.42 Å². The van der Waals surface area contributed by atoms with Gasteiger partial charge in [0.2, 0.25) is 10.0 Å². The Labute approximate surface area is 163 Å². The number of rotatable bonds is 5. The summed E-state index contributed by atoms with van der Waals surface area (Å²) < 4.78 is 25.8. The quantitative estimate of drug-likeness (QED) is 0.684. The summed E-state index contributed by atoms with van der Waals surface area (Å²) in [5.41, 5.74) is 3.45. The number of fused-ring (bicyclic) bond motifs is 2. The Hall–Kier alpha value is -2.71. The number of sulfonamides is 1. The number of benzene rings is 2. The van der Waals surface area contributed by atoms with Gasteiger partial charge in [0.05, 0.1) is 22.8 Å². The van der Waals surface area contributed by atoms with Gasteiger partial charge in [0.15, 0.2) is 0 Å². The Balaban J connectivity index is 1.47. The number of hydrogen-bond acceptors (Lipinski definition) is 5. The van der Waals surface area contributed by atoms with Crippen LogP contribution in [-0.2, 0) is 29.4 Å². The Morgan fingerprint density at radius 2 is 2.00 bits per heavy atom. The van der Waals surface area contributed by atoms with Crippen molar-refractivity contribution in [2.24, 2.45) is 0 Å². The first-order valence-electron chi connectivity index (χ1n) is 9.18. The van der Waals surface area contributed by atoms with Gasteiger partial charge in [-0.15, -0.1) is 0 Å². The second-order valence-electron chi connectivity index (χ2n) is 7.12. The van der Waals surface area contributed by atoms with Crippen LogP contribution in [0, 0.1) is 0 Å². The zero-order valence-electron chi connectivity index (χ0n) is 15.6. The third kappa shape index (κ3) is 4.07. The number of para-hydroxylation sites is 1. The molecule has 2 heterocycles. The predicted molar refractivity (Wildman–Crippen MR) is 110 cm³/mol. The van der Waals surface area contributed by atoms with Crippen LogP contribution >= 0.6 is 0 Å². The standard InChI is InChI=1S/C20H22N4O3S/c1-28(26,27)23-18-8-4-5-14-13-24(11-9-15(14)18)12-10-19-21-17-7-3-2-6-16(17)20(25)22-19/h2-8,23H,9-13H2,1H3,(H,21,22,25). The molecule has 7 nitrogen and oxygen atoms in total. The van der Waals surface area contributed by atoms with Crippen molar-refractivity contribution >= 4 is 26.6 Å². The maximum absolute atomic E-state index is 12.2. The van der Waals surface area contributed by atoms with Gasteiger partial charge in [-0.1, -0.05) is 24.3 Å². The first-order valence-corrected chi connectivity index (χ1v) is 11.1. The highest BCUT2D eigenvalue weighted by molar-refractivity contribution is 7.92. The van der Waals surface area contributed by atoms with Crippen LogP contribution in [0.4, 0.5) is 5.69 Å². The molecule has 0 fully saturated rings. The number of anilines is 1. The molecule has 1 aliphatic rings. The fourth-order valence-corrected chi connectivity index (χ4v) is 4.26. The molecule has 1 aromatic heterocycles. The van der Waals surface area contributed by atoms with E-state index in [1.165, 1.54) is 6.26 Å². The van der Waals surface area contributed by atoms with Gasteiger partial charge in [-0.2, -0.15) is 0 Å². The smallest absolute Gasteiger partial charge is 0.258 e. The summed E-state index contributed by atoms with van der Waals surface area (Å²) in [6.07, 6.45) is 2.59. The van der Waals surface area contributed by atoms with Crippen LogP contribution in [-0.4, -0.2) is 42.6 Å². The molecule has 0 spiro atoms. The van der Waals surface area contributed by atoms with E-state index in [-0.39, 0.29) is 5.56 Å². The molecule has 0 saturated heterocycles. The molecule has 0 aliphatic carbocycles. The number of aromatic amines is 1. The molecule has 146 valence electrons. The molecule has 0 unspecified atom stereocenters. The summed E-state index contributed by atoms with van der Waals surface area (Å²) in [6, 6.07) is 13.0. The lowest BCUT2D eigenvalue weighted by molar-refractivity contribution is 0.256. The van der Waals surface area contributed by atoms with Crippen molar-refractivity contribution in [3.8, 4) is 0 Å². The average Bonchev–Trinajstić information content (AvgIpc) is 2.65. The van der Waals surface area contributed by atoms with E-state index in [9.17, 15) is 13.2 Å². The Bertz CT molecular complexity index is 1190. The minimum Gasteiger partial charge on any atom is -0.310 e. The van der Waals surface area contributed by atoms with Gasteiger partial charge >= 0.3 is 0 Å². The van der Waals surface area contributed by atoms with Gasteiger partial charge in [0.25, 0.3) is 5.56 Å². The zero-order chi connectivity index (χ0) is 19.7. The first-order chi connectivity index (χ1) is 13.4. The molecule has 4 rings (SSSR count). The lowest BCUT2D eigenvalue weighted by atomic mass is 9.98. The summed E-state index contributed by atoms with van der Waals surface area (Å²) >= 11 is 0. The van der Waals surface area contributed by atoms with Crippen molar-refractivity contribution in [3.05, 3.63) is 69.8 Å². The second-order valence-corrected chi connectivity index (χ2v) is 8.87. The zero-order valence-corrected chi connectivity index (χ0v) is 16.4. The lowest BCUT2D eigenvalue weighted by Crippen LogP contribution is -2.33. The Kier molecular flexibility index (Phi) is 4.91. The normalized spacial score (nSPS) is 14.8. The lowest BCUT2D eigenvalue weighted by Gasteiger charge is -2.30. The van der Waals surface area contributed by atoms with E-state index in [2.05, 4.69) is 19.6 Å². The molecule has 2 N–H and O–H groups in total. The van der Waals surface area contributed by atoms with Crippen molar-refractivity contribution in [2.45, 2.75) is 19.4 Å². The molecule has 1 aliphatic heterocycles. The minimum absolute atomic E-state index is 0.110. The van der Waals surface area contributed by atoms with Crippen molar-refractivity contribution in [2.75, 3.05) is 24.1 Å². The molecule has 28 heavy (non-hydrogen) atoms. The first kappa shape index (κ1) is 18.6. The monoisotopic (exact) mass is 398 g/mol. The molecule has 0 bridgehead atoms. The Morgan fingerprint density at radius 3 is 2.82 bits per heavy atom. The van der Waals surface area contributed by atoms with E-state index in [0.717, 1.165) is 37.2 Å². The average molecular weight is 398 g/mol. The molecule has 8 heteroatoms. The predicted octanol–water partition coefficient (Wildman–Crippen LogP) is 1.90. The van der Waals surface area contributed by atoms with Gasteiger partial charge in [-0.05, 0) is 35.7 Å². The highest BCUT2D eigenvalue weighted by Crippen LogP contribution is 2.26. The van der Waals surface area contributed by atoms with Crippen LogP contribution in [0.15, 0.2) is 47.3 Å². The molecule has 0 atom stereocenters. The fourth-order valence-electron chi connectivity index (χ4n) is 3.67. The molecular formula is C20H22N4O3S. The van der Waals surface area contributed by atoms with Gasteiger partial charge in [0.1, 0.15) is 5.82 Å². The third-order valence-electron chi connectivity index (χ3n) is 4.97. The number of H-pyrrole nitrogens is 1. The van der Waals surface area contributed by atoms with E-state index in [4.69, 9.17) is 0 Å². The van der Waals surface area contributed by atoms with E-state index < -0.39 is 10.0 Å². The van der Waals surface area contributed by atoms with E-state index in [1.54, 1.807) is 12.1 Å². The summed E-state index contributed by atoms with van der Waals surface area (Å²) in [7, 11) is -3.30. The van der Waals surface area contributed by atoms with Crippen LogP contribution in [0.2, 0.25) is 0 Å². The number of hydrogen-bond donors (Lipinski definition) is 2. The highest BCUT2D eigenvalue weighted by Gasteiger charge is 2.20. The van der Waals surface area contributed by atoms with E-state index in [1.807, 2.05) is 30.3 Å². The third-order valence-corrected chi connectivity index (χ3v) is 5.56. The van der Waals surface area contributed by atoms with E-state index >= 15 is 0 Å². The van der Waals surface area contributed by atoms with Crippen molar-refractivity contribution in [3.63, 3.8) is 0 Å². The van der Waals surface area contributed by atoms with Crippen molar-refractivity contribution in [1.82, 2.24) is 14.9 Å². The molecule has 0 radical (unpaired) electrons. The summed E-state index contributed by atoms with van der Waals surface area (Å²) in [6.45, 7) is 2.34.